The van der Waals surface area contributed by atoms with Crippen molar-refractivity contribution in [2.45, 2.75) is 26.8 Å². The molecule has 0 unspecified atom stereocenters. The molecule has 1 atom stereocenters. The van der Waals surface area contributed by atoms with Crippen LogP contribution in [0.1, 0.15) is 20.8 Å². The van der Waals surface area contributed by atoms with Crippen molar-refractivity contribution in [3.05, 3.63) is 0 Å². The molecule has 2 amide bonds. The minimum Gasteiger partial charge on any atom is -0.480 e. The van der Waals surface area contributed by atoms with E-state index in [4.69, 9.17) is 9.84 Å². The smallest absolute Gasteiger partial charge is 0.326 e. The average molecular weight is 246 g/mol. The second kappa shape index (κ2) is 7.89. The SMILES string of the molecule is CCN(CCOC)C(=O)N[C@@H](C(=O)O)C(C)C. The first-order valence-electron chi connectivity index (χ1n) is 5.71. The summed E-state index contributed by atoms with van der Waals surface area (Å²) in [7, 11) is 1.56. The van der Waals surface area contributed by atoms with Gasteiger partial charge in [-0.15, -0.1) is 0 Å². The Hall–Kier alpha value is -1.30. The summed E-state index contributed by atoms with van der Waals surface area (Å²) in [5.74, 6) is -1.17. The summed E-state index contributed by atoms with van der Waals surface area (Å²) >= 11 is 0. The molecule has 0 aliphatic carbocycles. The molecule has 0 fully saturated rings. The first kappa shape index (κ1) is 15.7. The number of nitrogens with zero attached hydrogens (tertiary/aromatic N) is 1. The van der Waals surface area contributed by atoms with Gasteiger partial charge < -0.3 is 20.1 Å². The highest BCUT2D eigenvalue weighted by Crippen LogP contribution is 2.03. The zero-order chi connectivity index (χ0) is 13.4. The molecule has 0 radical (unpaired) electrons. The summed E-state index contributed by atoms with van der Waals surface area (Å²) in [6, 6.07) is -1.23. The number of carbonyl (C=O) groups is 2. The summed E-state index contributed by atoms with van der Waals surface area (Å²) < 4.78 is 4.89. The number of ether oxygens (including phenoxy) is 1. The first-order valence-corrected chi connectivity index (χ1v) is 5.71. The van der Waals surface area contributed by atoms with Crippen LogP contribution in [-0.4, -0.2) is 54.9 Å². The predicted octanol–water partition coefficient (Wildman–Crippen LogP) is 0.773. The maximum Gasteiger partial charge on any atom is 0.326 e. The standard InChI is InChI=1S/C11H22N2O4/c1-5-13(6-7-17-4)11(16)12-9(8(2)3)10(14)15/h8-9H,5-7H2,1-4H3,(H,12,16)(H,14,15)/t9-/m1/s1. The molecule has 0 saturated carbocycles. The van der Waals surface area contributed by atoms with Crippen LogP contribution in [0.3, 0.4) is 0 Å². The number of aliphatic carboxylic acids is 1. The largest absolute Gasteiger partial charge is 0.480 e. The maximum absolute atomic E-state index is 11.8. The van der Waals surface area contributed by atoms with Gasteiger partial charge in [0.15, 0.2) is 0 Å². The van der Waals surface area contributed by atoms with Gasteiger partial charge in [0.1, 0.15) is 6.04 Å². The highest BCUT2D eigenvalue weighted by Gasteiger charge is 2.25. The van der Waals surface area contributed by atoms with E-state index in [0.717, 1.165) is 0 Å². The van der Waals surface area contributed by atoms with E-state index in [-0.39, 0.29) is 11.9 Å². The Morgan fingerprint density at radius 3 is 2.35 bits per heavy atom. The number of carbonyl (C=O) groups excluding carboxylic acids is 1. The van der Waals surface area contributed by atoms with Gasteiger partial charge in [-0.25, -0.2) is 9.59 Å². The molecule has 0 aliphatic rings. The number of nitrogens with one attached hydrogen (secondary N) is 1. The van der Waals surface area contributed by atoms with Gasteiger partial charge in [0, 0.05) is 20.2 Å². The molecule has 17 heavy (non-hydrogen) atoms. The number of methoxy groups -OCH3 is 1. The Morgan fingerprint density at radius 1 is 1.41 bits per heavy atom. The number of rotatable bonds is 7. The number of urea groups is 1. The maximum atomic E-state index is 11.8. The number of likely N-dealkylation sites (N-methyl/N-ethyl adjacent to an activating group) is 1. The van der Waals surface area contributed by atoms with Crippen molar-refractivity contribution >= 4 is 12.0 Å². The molecule has 0 aromatic rings. The van der Waals surface area contributed by atoms with Crippen molar-refractivity contribution in [1.29, 1.82) is 0 Å². The molecule has 0 aromatic heterocycles. The number of carboxylic acid groups (broad SMARTS) is 1. The molecule has 0 spiro atoms. The van der Waals surface area contributed by atoms with Gasteiger partial charge in [-0.2, -0.15) is 0 Å². The molecule has 0 aromatic carbocycles. The predicted molar refractivity (Wildman–Crippen MR) is 63.9 cm³/mol. The Balaban J connectivity index is 4.41. The molecule has 0 bridgehead atoms. The fourth-order valence-corrected chi connectivity index (χ4v) is 1.34. The van der Waals surface area contributed by atoms with Gasteiger partial charge in [0.25, 0.3) is 0 Å². The van der Waals surface area contributed by atoms with E-state index in [1.165, 1.54) is 4.90 Å². The van der Waals surface area contributed by atoms with Crippen molar-refractivity contribution in [3.8, 4) is 0 Å². The first-order chi connectivity index (χ1) is 7.93. The van der Waals surface area contributed by atoms with Gasteiger partial charge in [-0.05, 0) is 12.8 Å². The molecular weight excluding hydrogens is 224 g/mol. The number of hydrogen-bond acceptors (Lipinski definition) is 3. The molecule has 6 heteroatoms. The Labute approximate surface area is 102 Å². The zero-order valence-electron chi connectivity index (χ0n) is 10.9. The fourth-order valence-electron chi connectivity index (χ4n) is 1.34. The molecule has 100 valence electrons. The van der Waals surface area contributed by atoms with Crippen LogP contribution in [-0.2, 0) is 9.53 Å². The third-order valence-corrected chi connectivity index (χ3v) is 2.45. The van der Waals surface area contributed by atoms with Crippen molar-refractivity contribution in [2.24, 2.45) is 5.92 Å². The Morgan fingerprint density at radius 2 is 2.00 bits per heavy atom. The molecule has 0 aliphatic heterocycles. The molecule has 0 heterocycles. The lowest BCUT2D eigenvalue weighted by atomic mass is 10.1. The lowest BCUT2D eigenvalue weighted by Gasteiger charge is -2.25. The van der Waals surface area contributed by atoms with Crippen molar-refractivity contribution in [2.75, 3.05) is 26.8 Å². The second-order valence-electron chi connectivity index (χ2n) is 4.08. The van der Waals surface area contributed by atoms with Gasteiger partial charge in [0.05, 0.1) is 6.61 Å². The van der Waals surface area contributed by atoms with E-state index in [0.29, 0.717) is 19.7 Å². The summed E-state index contributed by atoms with van der Waals surface area (Å²) in [5, 5.41) is 11.5. The van der Waals surface area contributed by atoms with E-state index >= 15 is 0 Å². The second-order valence-corrected chi connectivity index (χ2v) is 4.08. The fraction of sp³-hybridized carbons (Fsp3) is 0.818. The third kappa shape index (κ3) is 5.53. The van der Waals surface area contributed by atoms with Gasteiger partial charge >= 0.3 is 12.0 Å². The van der Waals surface area contributed by atoms with Crippen LogP contribution in [0.4, 0.5) is 4.79 Å². The van der Waals surface area contributed by atoms with E-state index < -0.39 is 12.0 Å². The minimum atomic E-state index is -1.02. The van der Waals surface area contributed by atoms with Crippen LogP contribution in [0, 0.1) is 5.92 Å². The van der Waals surface area contributed by atoms with Crippen LogP contribution < -0.4 is 5.32 Å². The van der Waals surface area contributed by atoms with Gasteiger partial charge in [0.2, 0.25) is 0 Å². The number of amides is 2. The summed E-state index contributed by atoms with van der Waals surface area (Å²) in [4.78, 5) is 24.3. The monoisotopic (exact) mass is 246 g/mol. The van der Waals surface area contributed by atoms with Crippen LogP contribution in [0.5, 0.6) is 0 Å². The molecule has 0 saturated heterocycles. The highest BCUT2D eigenvalue weighted by atomic mass is 16.5. The van der Waals surface area contributed by atoms with Crippen molar-refractivity contribution in [1.82, 2.24) is 10.2 Å². The topological polar surface area (TPSA) is 78.9 Å². The summed E-state index contributed by atoms with van der Waals surface area (Å²) in [6.45, 7) is 6.74. The van der Waals surface area contributed by atoms with Crippen LogP contribution in [0.15, 0.2) is 0 Å². The Bertz CT molecular complexity index is 256. The zero-order valence-corrected chi connectivity index (χ0v) is 10.9. The van der Waals surface area contributed by atoms with E-state index in [2.05, 4.69) is 5.32 Å². The van der Waals surface area contributed by atoms with Crippen LogP contribution in [0.25, 0.3) is 0 Å². The lowest BCUT2D eigenvalue weighted by molar-refractivity contribution is -0.140. The molecular formula is C11H22N2O4. The number of hydrogen-bond donors (Lipinski definition) is 2. The van der Waals surface area contributed by atoms with E-state index in [9.17, 15) is 9.59 Å². The molecule has 0 rings (SSSR count). The summed E-state index contributed by atoms with van der Waals surface area (Å²) in [5.41, 5.74) is 0. The minimum absolute atomic E-state index is 0.155. The van der Waals surface area contributed by atoms with Gasteiger partial charge in [-0.3, -0.25) is 0 Å². The normalized spacial score (nSPS) is 12.3. The lowest BCUT2D eigenvalue weighted by Crippen LogP contribution is -2.50. The highest BCUT2D eigenvalue weighted by molar-refractivity contribution is 5.82. The quantitative estimate of drug-likeness (QED) is 0.695. The van der Waals surface area contributed by atoms with E-state index in [1.54, 1.807) is 21.0 Å². The average Bonchev–Trinajstić information content (AvgIpc) is 2.26. The van der Waals surface area contributed by atoms with Crippen molar-refractivity contribution < 1.29 is 19.4 Å². The van der Waals surface area contributed by atoms with Crippen LogP contribution in [0.2, 0.25) is 0 Å². The summed E-state index contributed by atoms with van der Waals surface area (Å²) in [6.07, 6.45) is 0. The van der Waals surface area contributed by atoms with Gasteiger partial charge in [-0.1, -0.05) is 13.8 Å². The van der Waals surface area contributed by atoms with Crippen LogP contribution >= 0.6 is 0 Å². The molecule has 6 nitrogen and oxygen atoms in total. The molecule has 2 N–H and O–H groups in total. The Kier molecular flexibility index (Phi) is 7.29. The third-order valence-electron chi connectivity index (χ3n) is 2.45. The van der Waals surface area contributed by atoms with Crippen molar-refractivity contribution in [3.63, 3.8) is 0 Å². The number of carboxylic acids is 1. The van der Waals surface area contributed by atoms with E-state index in [1.807, 2.05) is 6.92 Å².